The summed E-state index contributed by atoms with van der Waals surface area (Å²) in [7, 11) is 0. The normalized spacial score (nSPS) is 15.7. The van der Waals surface area contributed by atoms with Crippen LogP contribution in [0.3, 0.4) is 0 Å². The van der Waals surface area contributed by atoms with Crippen LogP contribution in [0.1, 0.15) is 19.8 Å². The van der Waals surface area contributed by atoms with E-state index in [9.17, 15) is 9.59 Å². The number of rotatable bonds is 3. The molecule has 0 spiro atoms. The zero-order chi connectivity index (χ0) is 11.4. The van der Waals surface area contributed by atoms with Crippen molar-refractivity contribution < 1.29 is 14.4 Å². The van der Waals surface area contributed by atoms with Crippen LogP contribution in [0, 0.1) is 0 Å². The highest BCUT2D eigenvalue weighted by molar-refractivity contribution is 8.14. The third-order valence-electron chi connectivity index (χ3n) is 1.86. The maximum Gasteiger partial charge on any atom is 0.343 e. The summed E-state index contributed by atoms with van der Waals surface area (Å²) in [5.74, 6) is -0.439. The third-order valence-corrected chi connectivity index (χ3v) is 2.65. The molecule has 0 N–H and O–H groups in total. The van der Waals surface area contributed by atoms with Crippen molar-refractivity contribution in [3.8, 4) is 0 Å². The Bertz CT molecular complexity index is 309. The number of hydroxylamine groups is 2. The van der Waals surface area contributed by atoms with Crippen LogP contribution < -0.4 is 0 Å². The van der Waals surface area contributed by atoms with Crippen molar-refractivity contribution in [2.75, 3.05) is 5.75 Å². The molecule has 0 saturated carbocycles. The van der Waals surface area contributed by atoms with E-state index >= 15 is 0 Å². The van der Waals surface area contributed by atoms with E-state index in [1.54, 1.807) is 0 Å². The zero-order valence-corrected chi connectivity index (χ0v) is 9.43. The Morgan fingerprint density at radius 2 is 1.93 bits per heavy atom. The molecule has 0 aliphatic carbocycles. The van der Waals surface area contributed by atoms with Crippen LogP contribution in [-0.2, 0) is 14.4 Å². The molecule has 0 radical (unpaired) electrons. The first kappa shape index (κ1) is 11.8. The van der Waals surface area contributed by atoms with Crippen LogP contribution in [0.2, 0.25) is 0 Å². The van der Waals surface area contributed by atoms with Crippen molar-refractivity contribution in [2.24, 2.45) is 0 Å². The van der Waals surface area contributed by atoms with Crippen LogP contribution in [-0.4, -0.2) is 21.9 Å². The van der Waals surface area contributed by atoms with Crippen LogP contribution in [0.5, 0.6) is 0 Å². The van der Waals surface area contributed by atoms with Crippen molar-refractivity contribution in [3.63, 3.8) is 0 Å². The highest BCUT2D eigenvalue weighted by atomic mass is 32.2. The standard InChI is InChI=1S/C10H13NO3S/c1-7-4-5-8(2)11(7)14-10(13)6-15-9(3)12/h1-2,4-6H2,3H3. The minimum Gasteiger partial charge on any atom is -0.336 e. The molecule has 1 rings (SSSR count). The first-order valence-corrected chi connectivity index (χ1v) is 5.49. The monoisotopic (exact) mass is 227 g/mol. The molecule has 0 atom stereocenters. The molecule has 0 aromatic rings. The number of carbonyl (C=O) groups excluding carboxylic acids is 2. The predicted octanol–water partition coefficient (Wildman–Crippen LogP) is 1.85. The van der Waals surface area contributed by atoms with Crippen molar-refractivity contribution in [1.82, 2.24) is 5.06 Å². The number of thioether (sulfide) groups is 1. The molecule has 0 amide bonds. The predicted molar refractivity (Wildman–Crippen MR) is 58.6 cm³/mol. The van der Waals surface area contributed by atoms with Crippen LogP contribution in [0.25, 0.3) is 0 Å². The van der Waals surface area contributed by atoms with E-state index in [0.29, 0.717) is 0 Å². The topological polar surface area (TPSA) is 46.6 Å². The SMILES string of the molecule is C=C1CCC(=C)N1OC(=O)CSC(C)=O. The number of hydrogen-bond donors (Lipinski definition) is 0. The molecular formula is C10H13NO3S. The smallest absolute Gasteiger partial charge is 0.336 e. The molecule has 1 saturated heterocycles. The lowest BCUT2D eigenvalue weighted by Crippen LogP contribution is -2.22. The van der Waals surface area contributed by atoms with Gasteiger partial charge in [-0.15, -0.1) is 0 Å². The quantitative estimate of drug-likeness (QED) is 0.736. The summed E-state index contributed by atoms with van der Waals surface area (Å²) in [5, 5.41) is 1.24. The molecular weight excluding hydrogens is 214 g/mol. The van der Waals surface area contributed by atoms with Crippen LogP contribution in [0.15, 0.2) is 24.6 Å². The fourth-order valence-electron chi connectivity index (χ4n) is 1.13. The Balaban J connectivity index is 2.40. The molecule has 1 heterocycles. The van der Waals surface area contributed by atoms with E-state index in [4.69, 9.17) is 4.84 Å². The number of allylic oxidation sites excluding steroid dienone is 2. The van der Waals surface area contributed by atoms with Gasteiger partial charge in [0, 0.05) is 6.92 Å². The lowest BCUT2D eigenvalue weighted by atomic mass is 10.3. The number of carbonyl (C=O) groups is 2. The molecule has 82 valence electrons. The molecule has 15 heavy (non-hydrogen) atoms. The van der Waals surface area contributed by atoms with E-state index in [1.165, 1.54) is 12.0 Å². The van der Waals surface area contributed by atoms with Crippen molar-refractivity contribution >= 4 is 22.8 Å². The van der Waals surface area contributed by atoms with Gasteiger partial charge in [0.1, 0.15) is 5.75 Å². The maximum atomic E-state index is 11.3. The summed E-state index contributed by atoms with van der Waals surface area (Å²) in [5.41, 5.74) is 1.45. The molecule has 0 unspecified atom stereocenters. The second kappa shape index (κ2) is 5.02. The molecule has 1 aliphatic heterocycles. The molecule has 0 aromatic carbocycles. The minimum absolute atomic E-state index is 0.0202. The van der Waals surface area contributed by atoms with Crippen LogP contribution >= 0.6 is 11.8 Å². The summed E-state index contributed by atoms with van der Waals surface area (Å²) >= 11 is 0.926. The van der Waals surface area contributed by atoms with Gasteiger partial charge in [-0.1, -0.05) is 24.9 Å². The summed E-state index contributed by atoms with van der Waals surface area (Å²) in [4.78, 5) is 26.9. The van der Waals surface area contributed by atoms with Crippen molar-refractivity contribution in [1.29, 1.82) is 0 Å². The fraction of sp³-hybridized carbons (Fsp3) is 0.400. The minimum atomic E-state index is -0.459. The Hall–Kier alpha value is -1.23. The van der Waals surface area contributed by atoms with Gasteiger partial charge in [-0.25, -0.2) is 4.79 Å². The average molecular weight is 227 g/mol. The van der Waals surface area contributed by atoms with Crippen molar-refractivity contribution in [2.45, 2.75) is 19.8 Å². The third kappa shape index (κ3) is 3.43. The summed E-state index contributed by atoms with van der Waals surface area (Å²) < 4.78 is 0. The summed E-state index contributed by atoms with van der Waals surface area (Å²) in [6, 6.07) is 0. The van der Waals surface area contributed by atoms with Gasteiger partial charge in [0.15, 0.2) is 5.12 Å². The largest absolute Gasteiger partial charge is 0.343 e. The highest BCUT2D eigenvalue weighted by Crippen LogP contribution is 2.28. The van der Waals surface area contributed by atoms with E-state index in [1.807, 2.05) is 0 Å². The van der Waals surface area contributed by atoms with Gasteiger partial charge in [-0.05, 0) is 12.8 Å². The van der Waals surface area contributed by atoms with E-state index in [-0.39, 0.29) is 10.9 Å². The Morgan fingerprint density at radius 1 is 1.40 bits per heavy atom. The van der Waals surface area contributed by atoms with E-state index in [0.717, 1.165) is 36.0 Å². The van der Waals surface area contributed by atoms with Gasteiger partial charge in [0.25, 0.3) is 0 Å². The van der Waals surface area contributed by atoms with E-state index < -0.39 is 5.97 Å². The second-order valence-corrected chi connectivity index (χ2v) is 4.32. The first-order chi connectivity index (χ1) is 7.00. The Morgan fingerprint density at radius 3 is 2.40 bits per heavy atom. The molecule has 0 bridgehead atoms. The fourth-order valence-corrected chi connectivity index (χ4v) is 1.51. The lowest BCUT2D eigenvalue weighted by Gasteiger charge is -2.18. The highest BCUT2D eigenvalue weighted by Gasteiger charge is 2.23. The van der Waals surface area contributed by atoms with Gasteiger partial charge in [0.05, 0.1) is 11.4 Å². The van der Waals surface area contributed by atoms with E-state index in [2.05, 4.69) is 13.2 Å². The maximum absolute atomic E-state index is 11.3. The lowest BCUT2D eigenvalue weighted by molar-refractivity contribution is -0.168. The van der Waals surface area contributed by atoms with Gasteiger partial charge in [-0.3, -0.25) is 4.79 Å². The number of hydrogen-bond acceptors (Lipinski definition) is 5. The Kier molecular flexibility index (Phi) is 3.96. The number of nitrogens with zero attached hydrogens (tertiary/aromatic N) is 1. The summed E-state index contributed by atoms with van der Waals surface area (Å²) in [6.07, 6.45) is 1.51. The molecule has 1 fully saturated rings. The van der Waals surface area contributed by atoms with Crippen LogP contribution in [0.4, 0.5) is 0 Å². The van der Waals surface area contributed by atoms with Gasteiger partial charge >= 0.3 is 5.97 Å². The average Bonchev–Trinajstić information content (AvgIpc) is 2.46. The zero-order valence-electron chi connectivity index (χ0n) is 8.62. The van der Waals surface area contributed by atoms with Gasteiger partial charge in [0.2, 0.25) is 0 Å². The van der Waals surface area contributed by atoms with Gasteiger partial charge < -0.3 is 4.84 Å². The molecule has 1 aliphatic rings. The van der Waals surface area contributed by atoms with Gasteiger partial charge in [-0.2, -0.15) is 5.06 Å². The van der Waals surface area contributed by atoms with Crippen molar-refractivity contribution in [3.05, 3.63) is 24.6 Å². The molecule has 0 aromatic heterocycles. The first-order valence-electron chi connectivity index (χ1n) is 4.50. The second-order valence-electron chi connectivity index (χ2n) is 3.17. The molecule has 5 heteroatoms. The summed E-state index contributed by atoms with van der Waals surface area (Å²) in [6.45, 7) is 8.91. The molecule has 4 nitrogen and oxygen atoms in total. The Labute approximate surface area is 92.9 Å².